The quantitative estimate of drug-likeness (QED) is 0.925. The summed E-state index contributed by atoms with van der Waals surface area (Å²) in [6.07, 6.45) is 2.93. The zero-order valence-electron chi connectivity index (χ0n) is 13.3. The van der Waals surface area contributed by atoms with Crippen LogP contribution < -0.4 is 5.32 Å². The number of aromatic nitrogens is 1. The number of nitrogens with zero attached hydrogens (tertiary/aromatic N) is 2. The van der Waals surface area contributed by atoms with Gasteiger partial charge in [-0.25, -0.2) is 4.98 Å². The number of piperidine rings is 1. The molecule has 1 aliphatic rings. The predicted molar refractivity (Wildman–Crippen MR) is 89.9 cm³/mol. The molecule has 0 unspecified atom stereocenters. The van der Waals surface area contributed by atoms with Crippen LogP contribution in [0.15, 0.2) is 34.9 Å². The van der Waals surface area contributed by atoms with Gasteiger partial charge >= 0.3 is 0 Å². The minimum absolute atomic E-state index is 0.0560. The monoisotopic (exact) mass is 347 g/mol. The summed E-state index contributed by atoms with van der Waals surface area (Å²) in [4.78, 5) is 30.4. The Kier molecular flexibility index (Phi) is 4.85. The Morgan fingerprint density at radius 2 is 2.00 bits per heavy atom. The minimum atomic E-state index is -0.194. The van der Waals surface area contributed by atoms with Crippen LogP contribution in [0.5, 0.6) is 0 Å². The number of furan rings is 1. The summed E-state index contributed by atoms with van der Waals surface area (Å²) in [5.74, 6) is 0.402. The van der Waals surface area contributed by atoms with Crippen molar-refractivity contribution in [1.82, 2.24) is 9.88 Å². The number of likely N-dealkylation sites (tertiary alicyclic amines) is 1. The molecule has 1 aliphatic heterocycles. The van der Waals surface area contributed by atoms with Gasteiger partial charge in [0.25, 0.3) is 5.91 Å². The molecule has 0 aromatic carbocycles. The molecule has 3 rings (SSSR count). The highest BCUT2D eigenvalue weighted by Crippen LogP contribution is 2.22. The fraction of sp³-hybridized carbons (Fsp3) is 0.353. The lowest BCUT2D eigenvalue weighted by Gasteiger charge is -2.30. The maximum absolute atomic E-state index is 12.3. The van der Waals surface area contributed by atoms with Gasteiger partial charge in [-0.2, -0.15) is 0 Å². The highest BCUT2D eigenvalue weighted by molar-refractivity contribution is 6.29. The van der Waals surface area contributed by atoms with Crippen LogP contribution in [0, 0.1) is 12.8 Å². The van der Waals surface area contributed by atoms with E-state index >= 15 is 0 Å². The summed E-state index contributed by atoms with van der Waals surface area (Å²) < 4.78 is 5.15. The topological polar surface area (TPSA) is 75.4 Å². The van der Waals surface area contributed by atoms with Crippen molar-refractivity contribution in [2.45, 2.75) is 19.8 Å². The lowest BCUT2D eigenvalue weighted by molar-refractivity contribution is -0.121. The van der Waals surface area contributed by atoms with Gasteiger partial charge in [0.15, 0.2) is 11.0 Å². The molecule has 0 spiro atoms. The summed E-state index contributed by atoms with van der Waals surface area (Å²) in [5.41, 5.74) is 1.04. The van der Waals surface area contributed by atoms with Crippen LogP contribution in [-0.4, -0.2) is 34.8 Å². The lowest BCUT2D eigenvalue weighted by atomic mass is 9.95. The van der Waals surface area contributed by atoms with Gasteiger partial charge in [0.2, 0.25) is 5.91 Å². The molecule has 24 heavy (non-hydrogen) atoms. The number of anilines is 1. The number of carbonyl (C=O) groups is 2. The molecule has 126 valence electrons. The van der Waals surface area contributed by atoms with E-state index in [4.69, 9.17) is 16.0 Å². The third-order valence-electron chi connectivity index (χ3n) is 4.10. The van der Waals surface area contributed by atoms with E-state index in [0.29, 0.717) is 31.7 Å². The molecule has 2 amide bonds. The van der Waals surface area contributed by atoms with Crippen molar-refractivity contribution in [3.8, 4) is 0 Å². The second-order valence-corrected chi connectivity index (χ2v) is 6.25. The summed E-state index contributed by atoms with van der Waals surface area (Å²) in [7, 11) is 0. The first-order chi connectivity index (χ1) is 11.5. The highest BCUT2D eigenvalue weighted by atomic mass is 35.5. The van der Waals surface area contributed by atoms with Crippen molar-refractivity contribution in [2.75, 3.05) is 18.4 Å². The standard InChI is InChI=1S/C17H18ClN3O3/c1-11-2-5-15(19-10-11)20-16(22)12-6-8-21(9-7-12)17(23)13-3-4-14(18)24-13/h2-5,10,12H,6-9H2,1H3,(H,19,20,22). The van der Waals surface area contributed by atoms with Crippen molar-refractivity contribution >= 4 is 29.2 Å². The highest BCUT2D eigenvalue weighted by Gasteiger charge is 2.29. The number of nitrogens with one attached hydrogen (secondary N) is 1. The van der Waals surface area contributed by atoms with E-state index < -0.39 is 0 Å². The summed E-state index contributed by atoms with van der Waals surface area (Å²) in [5, 5.41) is 3.02. The normalized spacial score (nSPS) is 15.3. The second-order valence-electron chi connectivity index (χ2n) is 5.88. The number of carbonyl (C=O) groups excluding carboxylic acids is 2. The first-order valence-electron chi connectivity index (χ1n) is 7.81. The van der Waals surface area contributed by atoms with E-state index in [2.05, 4.69) is 10.3 Å². The molecule has 1 fully saturated rings. The molecular formula is C17H18ClN3O3. The zero-order chi connectivity index (χ0) is 17.1. The molecule has 3 heterocycles. The van der Waals surface area contributed by atoms with Crippen molar-refractivity contribution in [3.63, 3.8) is 0 Å². The van der Waals surface area contributed by atoms with Crippen LogP contribution in [0.4, 0.5) is 5.82 Å². The molecule has 0 bridgehead atoms. The van der Waals surface area contributed by atoms with Crippen molar-refractivity contribution in [1.29, 1.82) is 0 Å². The Morgan fingerprint density at radius 3 is 2.58 bits per heavy atom. The van der Waals surface area contributed by atoms with Gasteiger partial charge < -0.3 is 14.6 Å². The Balaban J connectivity index is 1.53. The van der Waals surface area contributed by atoms with Gasteiger partial charge in [0, 0.05) is 25.2 Å². The Morgan fingerprint density at radius 1 is 1.25 bits per heavy atom. The van der Waals surface area contributed by atoms with Crippen LogP contribution in [0.25, 0.3) is 0 Å². The molecule has 0 atom stereocenters. The van der Waals surface area contributed by atoms with Crippen LogP contribution in [-0.2, 0) is 4.79 Å². The maximum atomic E-state index is 12.3. The molecular weight excluding hydrogens is 330 g/mol. The Bertz CT molecular complexity index is 734. The number of aryl methyl sites for hydroxylation is 1. The molecule has 0 aliphatic carbocycles. The van der Waals surface area contributed by atoms with Gasteiger partial charge in [-0.15, -0.1) is 0 Å². The van der Waals surface area contributed by atoms with Gasteiger partial charge in [0.1, 0.15) is 5.82 Å². The number of pyridine rings is 1. The van der Waals surface area contributed by atoms with Crippen LogP contribution in [0.1, 0.15) is 29.0 Å². The van der Waals surface area contributed by atoms with Crippen molar-refractivity contribution in [3.05, 3.63) is 47.0 Å². The van der Waals surface area contributed by atoms with E-state index in [9.17, 15) is 9.59 Å². The zero-order valence-corrected chi connectivity index (χ0v) is 14.0. The van der Waals surface area contributed by atoms with Crippen molar-refractivity contribution in [2.24, 2.45) is 5.92 Å². The lowest BCUT2D eigenvalue weighted by Crippen LogP contribution is -2.41. The van der Waals surface area contributed by atoms with E-state index in [1.165, 1.54) is 0 Å². The van der Waals surface area contributed by atoms with E-state index in [1.54, 1.807) is 29.3 Å². The van der Waals surface area contributed by atoms with Crippen LogP contribution >= 0.6 is 11.6 Å². The van der Waals surface area contributed by atoms with Gasteiger partial charge in [-0.05, 0) is 55.1 Å². The Labute approximate surface area is 144 Å². The third-order valence-corrected chi connectivity index (χ3v) is 4.30. The number of hydrogen-bond acceptors (Lipinski definition) is 4. The molecule has 0 saturated carbocycles. The van der Waals surface area contributed by atoms with Crippen LogP contribution in [0.2, 0.25) is 5.22 Å². The van der Waals surface area contributed by atoms with E-state index in [0.717, 1.165) is 5.56 Å². The number of rotatable bonds is 3. The molecule has 1 N–H and O–H groups in total. The third kappa shape index (κ3) is 3.76. The summed E-state index contributed by atoms with van der Waals surface area (Å²) in [6.45, 7) is 2.96. The van der Waals surface area contributed by atoms with Gasteiger partial charge in [-0.3, -0.25) is 9.59 Å². The number of halogens is 1. The second kappa shape index (κ2) is 7.05. The molecule has 2 aromatic heterocycles. The smallest absolute Gasteiger partial charge is 0.289 e. The fourth-order valence-electron chi connectivity index (χ4n) is 2.70. The van der Waals surface area contributed by atoms with Crippen LogP contribution in [0.3, 0.4) is 0 Å². The molecule has 6 nitrogen and oxygen atoms in total. The number of hydrogen-bond donors (Lipinski definition) is 1. The van der Waals surface area contributed by atoms with E-state index in [-0.39, 0.29) is 28.7 Å². The Hall–Kier alpha value is -2.34. The predicted octanol–water partition coefficient (Wildman–Crippen LogP) is 3.13. The van der Waals surface area contributed by atoms with E-state index in [1.807, 2.05) is 13.0 Å². The SMILES string of the molecule is Cc1ccc(NC(=O)C2CCN(C(=O)c3ccc(Cl)o3)CC2)nc1. The van der Waals surface area contributed by atoms with Gasteiger partial charge in [0.05, 0.1) is 0 Å². The molecule has 0 radical (unpaired) electrons. The van der Waals surface area contributed by atoms with Gasteiger partial charge in [-0.1, -0.05) is 6.07 Å². The number of amides is 2. The molecule has 7 heteroatoms. The average molecular weight is 348 g/mol. The van der Waals surface area contributed by atoms with Crippen molar-refractivity contribution < 1.29 is 14.0 Å². The average Bonchev–Trinajstić information content (AvgIpc) is 3.03. The largest absolute Gasteiger partial charge is 0.440 e. The minimum Gasteiger partial charge on any atom is -0.440 e. The summed E-state index contributed by atoms with van der Waals surface area (Å²) in [6, 6.07) is 6.79. The molecule has 1 saturated heterocycles. The summed E-state index contributed by atoms with van der Waals surface area (Å²) >= 11 is 5.70. The first-order valence-corrected chi connectivity index (χ1v) is 8.19. The fourth-order valence-corrected chi connectivity index (χ4v) is 2.85. The maximum Gasteiger partial charge on any atom is 0.289 e. The molecule has 2 aromatic rings. The first kappa shape index (κ1) is 16.5.